The molecule has 0 fully saturated rings. The molecule has 0 bridgehead atoms. The Morgan fingerprint density at radius 2 is 1.14 bits per heavy atom. The van der Waals surface area contributed by atoms with E-state index >= 15 is 0 Å². The third-order valence-electron chi connectivity index (χ3n) is 4.57. The lowest BCUT2D eigenvalue weighted by atomic mass is 9.97. The van der Waals surface area contributed by atoms with E-state index in [9.17, 15) is 9.59 Å². The van der Waals surface area contributed by atoms with Crippen molar-refractivity contribution in [2.75, 3.05) is 13.2 Å². The number of carbonyl (C=O) groups excluding carboxylic acids is 2. The van der Waals surface area contributed by atoms with E-state index in [0.29, 0.717) is 26.1 Å². The Bertz CT molecular complexity index is 964. The summed E-state index contributed by atoms with van der Waals surface area (Å²) in [6.45, 7) is 7.45. The molecule has 0 aliphatic heterocycles. The van der Waals surface area contributed by atoms with Crippen LogP contribution in [0.5, 0.6) is 0 Å². The molecule has 0 aliphatic carbocycles. The Morgan fingerprint density at radius 3 is 1.54 bits per heavy atom. The van der Waals surface area contributed by atoms with E-state index in [1.807, 2.05) is 0 Å². The van der Waals surface area contributed by atoms with Crippen molar-refractivity contribution in [2.24, 2.45) is 0 Å². The first-order valence-electron chi connectivity index (χ1n) is 9.13. The van der Waals surface area contributed by atoms with Crippen molar-refractivity contribution in [1.82, 2.24) is 0 Å². The summed E-state index contributed by atoms with van der Waals surface area (Å²) in [5.74, 6) is -0.802. The van der Waals surface area contributed by atoms with Crippen LogP contribution in [0, 0.1) is 0 Å². The highest BCUT2D eigenvalue weighted by atomic mass is 16.5. The molecule has 4 heteroatoms. The first-order chi connectivity index (χ1) is 13.6. The number of hydrogen-bond donors (Lipinski definition) is 0. The molecule has 0 radical (unpaired) electrons. The number of carbonyl (C=O) groups is 2. The lowest BCUT2D eigenvalue weighted by Crippen LogP contribution is -2.04. The van der Waals surface area contributed by atoms with E-state index in [2.05, 4.69) is 61.7 Å². The highest BCUT2D eigenvalue weighted by molar-refractivity contribution is 6.07. The second kappa shape index (κ2) is 9.00. The van der Waals surface area contributed by atoms with Gasteiger partial charge in [-0.05, 0) is 32.7 Å². The van der Waals surface area contributed by atoms with Crippen molar-refractivity contribution in [3.63, 3.8) is 0 Å². The van der Waals surface area contributed by atoms with Gasteiger partial charge >= 0.3 is 11.9 Å². The second-order valence-corrected chi connectivity index (χ2v) is 6.42. The van der Waals surface area contributed by atoms with Crippen LogP contribution in [-0.2, 0) is 31.9 Å². The predicted molar refractivity (Wildman–Crippen MR) is 111 cm³/mol. The van der Waals surface area contributed by atoms with Gasteiger partial charge in [0.15, 0.2) is 0 Å². The highest BCUT2D eigenvalue weighted by Gasteiger charge is 2.05. The molecule has 0 saturated heterocycles. The Kier molecular flexibility index (Phi) is 6.22. The van der Waals surface area contributed by atoms with Gasteiger partial charge in [-0.1, -0.05) is 61.7 Å². The third-order valence-corrected chi connectivity index (χ3v) is 4.57. The first kappa shape index (κ1) is 19.4. The molecular formula is C24H22O4. The van der Waals surface area contributed by atoms with Crippen molar-refractivity contribution in [1.29, 1.82) is 0 Å². The number of esters is 2. The quantitative estimate of drug-likeness (QED) is 0.330. The predicted octanol–water partition coefficient (Wildman–Crippen LogP) is 4.54. The summed E-state index contributed by atoms with van der Waals surface area (Å²) in [6.07, 6.45) is 3.67. The molecule has 142 valence electrons. The van der Waals surface area contributed by atoms with Crippen molar-refractivity contribution < 1.29 is 19.1 Å². The van der Waals surface area contributed by atoms with Crippen LogP contribution in [0.15, 0.2) is 73.8 Å². The number of hydrogen-bond acceptors (Lipinski definition) is 4. The van der Waals surface area contributed by atoms with Crippen LogP contribution >= 0.6 is 0 Å². The maximum atomic E-state index is 11.1. The molecule has 0 amide bonds. The molecule has 0 atom stereocenters. The molecule has 0 aliphatic rings. The third kappa shape index (κ3) is 4.65. The zero-order chi connectivity index (χ0) is 19.9. The number of fused-ring (bicyclic) bond motifs is 3. The highest BCUT2D eigenvalue weighted by Crippen LogP contribution is 2.27. The summed E-state index contributed by atoms with van der Waals surface area (Å²) in [5, 5.41) is 4.64. The van der Waals surface area contributed by atoms with Gasteiger partial charge in [0.1, 0.15) is 0 Å². The summed E-state index contributed by atoms with van der Waals surface area (Å²) in [4.78, 5) is 22.3. The zero-order valence-electron chi connectivity index (χ0n) is 15.6. The molecule has 0 saturated carbocycles. The van der Waals surface area contributed by atoms with Crippen molar-refractivity contribution >= 4 is 33.5 Å². The normalized spacial score (nSPS) is 10.6. The minimum atomic E-state index is -0.401. The van der Waals surface area contributed by atoms with Crippen LogP contribution in [0.25, 0.3) is 21.5 Å². The van der Waals surface area contributed by atoms with Gasteiger partial charge in [0, 0.05) is 25.0 Å². The molecule has 3 aromatic rings. The summed E-state index contributed by atoms with van der Waals surface area (Å²) < 4.78 is 10.1. The van der Waals surface area contributed by atoms with Crippen molar-refractivity contribution in [3.8, 4) is 0 Å². The molecule has 0 N–H and O–H groups in total. The number of benzene rings is 3. The molecule has 0 heterocycles. The summed E-state index contributed by atoms with van der Waals surface area (Å²) in [5.41, 5.74) is 2.23. The molecular weight excluding hydrogens is 352 g/mol. The van der Waals surface area contributed by atoms with Crippen LogP contribution in [-0.4, -0.2) is 25.2 Å². The van der Waals surface area contributed by atoms with Crippen LogP contribution < -0.4 is 0 Å². The topological polar surface area (TPSA) is 52.6 Å². The molecule has 4 nitrogen and oxygen atoms in total. The molecule has 3 aromatic carbocycles. The van der Waals surface area contributed by atoms with E-state index < -0.39 is 11.9 Å². The lowest BCUT2D eigenvalue weighted by molar-refractivity contribution is -0.138. The van der Waals surface area contributed by atoms with Crippen LogP contribution in [0.1, 0.15) is 11.1 Å². The number of rotatable bonds is 8. The van der Waals surface area contributed by atoms with Crippen LogP contribution in [0.4, 0.5) is 0 Å². The van der Waals surface area contributed by atoms with Crippen molar-refractivity contribution in [2.45, 2.75) is 12.8 Å². The Labute approximate surface area is 164 Å². The van der Waals surface area contributed by atoms with Gasteiger partial charge in [-0.25, -0.2) is 9.59 Å². The van der Waals surface area contributed by atoms with Crippen LogP contribution in [0.2, 0.25) is 0 Å². The van der Waals surface area contributed by atoms with E-state index in [0.717, 1.165) is 21.9 Å². The maximum Gasteiger partial charge on any atom is 0.330 e. The van der Waals surface area contributed by atoms with Gasteiger partial charge in [-0.15, -0.1) is 0 Å². The zero-order valence-corrected chi connectivity index (χ0v) is 15.6. The first-order valence-corrected chi connectivity index (χ1v) is 9.13. The van der Waals surface area contributed by atoms with Gasteiger partial charge in [0.05, 0.1) is 13.2 Å². The lowest BCUT2D eigenvalue weighted by Gasteiger charge is -2.09. The Hall–Kier alpha value is -3.40. The average molecular weight is 374 g/mol. The van der Waals surface area contributed by atoms with E-state index in [4.69, 9.17) is 9.47 Å². The standard InChI is InChI=1S/C24H22O4/c1-3-23(25)27-13-11-17-5-9-21-19(15-17)7-8-20-16-18(6-10-22(20)21)12-14-28-24(26)4-2/h3-10,15-16H,1-2,11-14H2. The average Bonchev–Trinajstić information content (AvgIpc) is 2.73. The maximum absolute atomic E-state index is 11.1. The van der Waals surface area contributed by atoms with Gasteiger partial charge in [0.2, 0.25) is 0 Å². The Balaban J connectivity index is 1.76. The minimum absolute atomic E-state index is 0.337. The summed E-state index contributed by atoms with van der Waals surface area (Å²) in [6, 6.07) is 16.8. The largest absolute Gasteiger partial charge is 0.462 e. The molecule has 28 heavy (non-hydrogen) atoms. The number of ether oxygens (including phenoxy) is 2. The fourth-order valence-corrected chi connectivity index (χ4v) is 3.14. The Morgan fingerprint density at radius 1 is 0.714 bits per heavy atom. The van der Waals surface area contributed by atoms with E-state index in [-0.39, 0.29) is 0 Å². The molecule has 3 rings (SSSR count). The summed E-state index contributed by atoms with van der Waals surface area (Å²) in [7, 11) is 0. The van der Waals surface area contributed by atoms with Gasteiger partial charge in [-0.2, -0.15) is 0 Å². The monoisotopic (exact) mass is 374 g/mol. The van der Waals surface area contributed by atoms with Crippen molar-refractivity contribution in [3.05, 3.63) is 85.0 Å². The minimum Gasteiger partial charge on any atom is -0.462 e. The van der Waals surface area contributed by atoms with Crippen LogP contribution in [0.3, 0.4) is 0 Å². The second-order valence-electron chi connectivity index (χ2n) is 6.42. The van der Waals surface area contributed by atoms with E-state index in [1.54, 1.807) is 0 Å². The smallest absolute Gasteiger partial charge is 0.330 e. The fourth-order valence-electron chi connectivity index (χ4n) is 3.14. The van der Waals surface area contributed by atoms with Gasteiger partial charge in [0.25, 0.3) is 0 Å². The fraction of sp³-hybridized carbons (Fsp3) is 0.167. The molecule has 0 aromatic heterocycles. The molecule has 0 spiro atoms. The van der Waals surface area contributed by atoms with Gasteiger partial charge in [-0.3, -0.25) is 0 Å². The molecule has 0 unspecified atom stereocenters. The summed E-state index contributed by atoms with van der Waals surface area (Å²) >= 11 is 0. The van der Waals surface area contributed by atoms with E-state index in [1.165, 1.54) is 22.9 Å². The van der Waals surface area contributed by atoms with Gasteiger partial charge < -0.3 is 9.47 Å². The SMILES string of the molecule is C=CC(=O)OCCc1ccc2c(ccc3cc(CCOC(=O)C=C)ccc32)c1.